The van der Waals surface area contributed by atoms with Crippen molar-refractivity contribution in [1.82, 2.24) is 35.1 Å². The highest BCUT2D eigenvalue weighted by Crippen LogP contribution is 2.28. The maximum atomic E-state index is 12.8. The fourth-order valence-electron chi connectivity index (χ4n) is 3.67. The summed E-state index contributed by atoms with van der Waals surface area (Å²) in [6.45, 7) is 4.74. The quantitative estimate of drug-likeness (QED) is 0.355. The molecule has 2 aliphatic heterocycles. The van der Waals surface area contributed by atoms with Crippen molar-refractivity contribution in [3.63, 3.8) is 0 Å². The number of hydrazine groups is 1. The molecule has 11 nitrogen and oxygen atoms in total. The number of ether oxygens (including phenoxy) is 1. The van der Waals surface area contributed by atoms with Gasteiger partial charge in [0.1, 0.15) is 17.6 Å². The number of carbonyl (C=O) groups excluding carboxylic acids is 2. The minimum absolute atomic E-state index is 0.153. The van der Waals surface area contributed by atoms with Crippen molar-refractivity contribution in [3.05, 3.63) is 28.3 Å². The van der Waals surface area contributed by atoms with Gasteiger partial charge in [-0.25, -0.2) is 10.4 Å². The van der Waals surface area contributed by atoms with E-state index >= 15 is 0 Å². The van der Waals surface area contributed by atoms with Gasteiger partial charge < -0.3 is 10.1 Å². The summed E-state index contributed by atoms with van der Waals surface area (Å²) < 4.78 is 8.24. The molecule has 2 aromatic heterocycles. The summed E-state index contributed by atoms with van der Waals surface area (Å²) in [5.74, 6) is -0.727. The topological polar surface area (TPSA) is 123 Å². The lowest BCUT2D eigenvalue weighted by Crippen LogP contribution is -2.54. The van der Waals surface area contributed by atoms with Crippen molar-refractivity contribution in [2.75, 3.05) is 18.9 Å². The van der Waals surface area contributed by atoms with Crippen LogP contribution in [-0.2, 0) is 27.9 Å². The van der Waals surface area contributed by atoms with Crippen molar-refractivity contribution in [2.45, 2.75) is 31.7 Å². The van der Waals surface area contributed by atoms with Gasteiger partial charge in [-0.05, 0) is 13.8 Å². The lowest BCUT2D eigenvalue weighted by molar-refractivity contribution is -0.148. The number of fused-ring (bicyclic) bond motifs is 2. The van der Waals surface area contributed by atoms with Gasteiger partial charge in [-0.1, -0.05) is 11.8 Å². The van der Waals surface area contributed by atoms with Gasteiger partial charge in [0.25, 0.3) is 5.56 Å². The molecular formula is C18H23N7O4S. The molecule has 0 saturated carbocycles. The summed E-state index contributed by atoms with van der Waals surface area (Å²) in [5, 5.41) is 9.27. The van der Waals surface area contributed by atoms with Gasteiger partial charge in [-0.2, -0.15) is 5.10 Å². The third-order valence-electron chi connectivity index (χ3n) is 5.11. The number of hydrogen-bond acceptors (Lipinski definition) is 9. The Hall–Kier alpha value is -2.86. The van der Waals surface area contributed by atoms with E-state index in [4.69, 9.17) is 4.74 Å². The van der Waals surface area contributed by atoms with E-state index in [-0.39, 0.29) is 24.0 Å². The second kappa shape index (κ2) is 8.11. The van der Waals surface area contributed by atoms with E-state index in [9.17, 15) is 14.4 Å². The Labute approximate surface area is 176 Å². The van der Waals surface area contributed by atoms with Gasteiger partial charge in [-0.15, -0.1) is 0 Å². The summed E-state index contributed by atoms with van der Waals surface area (Å²) in [6.07, 6.45) is 2.54. The Bertz CT molecular complexity index is 1090. The molecule has 2 N–H and O–H groups in total. The van der Waals surface area contributed by atoms with Crippen LogP contribution in [0.25, 0.3) is 11.0 Å². The van der Waals surface area contributed by atoms with E-state index in [1.807, 2.05) is 6.92 Å². The minimum atomic E-state index is -0.515. The molecule has 160 valence electrons. The number of rotatable bonds is 6. The maximum Gasteiger partial charge on any atom is 0.314 e. The van der Waals surface area contributed by atoms with Crippen LogP contribution in [0.5, 0.6) is 0 Å². The molecule has 0 spiro atoms. The number of carbonyl (C=O) groups is 2. The van der Waals surface area contributed by atoms with Crippen LogP contribution in [0.15, 0.2) is 27.9 Å². The zero-order valence-electron chi connectivity index (χ0n) is 16.9. The van der Waals surface area contributed by atoms with Crippen LogP contribution >= 0.6 is 11.8 Å². The highest BCUT2D eigenvalue weighted by Gasteiger charge is 2.43. The van der Waals surface area contributed by atoms with E-state index in [1.54, 1.807) is 29.7 Å². The first-order valence-corrected chi connectivity index (χ1v) is 10.7. The van der Waals surface area contributed by atoms with E-state index in [0.717, 1.165) is 0 Å². The molecule has 12 heteroatoms. The fraction of sp³-hybridized carbons (Fsp3) is 0.500. The molecular weight excluding hydrogens is 410 g/mol. The monoisotopic (exact) mass is 433 g/mol. The van der Waals surface area contributed by atoms with Gasteiger partial charge in [0, 0.05) is 37.7 Å². The van der Waals surface area contributed by atoms with Crippen LogP contribution in [0.3, 0.4) is 0 Å². The Morgan fingerprint density at radius 1 is 1.37 bits per heavy atom. The summed E-state index contributed by atoms with van der Waals surface area (Å²) >= 11 is 1.36. The third-order valence-corrected chi connectivity index (χ3v) is 6.12. The lowest BCUT2D eigenvalue weighted by atomic mass is 10.1. The smallest absolute Gasteiger partial charge is 0.314 e. The zero-order valence-corrected chi connectivity index (χ0v) is 17.7. The van der Waals surface area contributed by atoms with E-state index in [1.165, 1.54) is 22.5 Å². The van der Waals surface area contributed by atoms with Crippen molar-refractivity contribution in [3.8, 4) is 0 Å². The van der Waals surface area contributed by atoms with Crippen LogP contribution in [0.2, 0.25) is 0 Å². The molecule has 2 aromatic rings. The van der Waals surface area contributed by atoms with Crippen molar-refractivity contribution >= 4 is 34.7 Å². The maximum absolute atomic E-state index is 12.8. The standard InChI is InChI=1S/C18H23N7O4S/c1-4-24-16(27)14-12(8-19-23(14)3)21-18(24)30-9-10-6-13(26)22-15-11(7-20-25(10)15)17(28)29-5-2/h6,8,11,15,20H,4-5,7,9H2,1-3H3,(H,22,26). The molecule has 0 radical (unpaired) electrons. The van der Waals surface area contributed by atoms with Crippen LogP contribution in [0.4, 0.5) is 0 Å². The van der Waals surface area contributed by atoms with E-state index in [0.29, 0.717) is 40.7 Å². The zero-order chi connectivity index (χ0) is 21.4. The number of aryl methyl sites for hydroxylation is 1. The summed E-state index contributed by atoms with van der Waals surface area (Å²) in [6, 6.07) is 0. The predicted molar refractivity (Wildman–Crippen MR) is 109 cm³/mol. The van der Waals surface area contributed by atoms with Crippen LogP contribution in [0.1, 0.15) is 13.8 Å². The van der Waals surface area contributed by atoms with E-state index in [2.05, 4.69) is 20.8 Å². The number of thioether (sulfide) groups is 1. The molecule has 30 heavy (non-hydrogen) atoms. The normalized spacial score (nSPS) is 20.8. The SMILES string of the molecule is CCOC(=O)C1CNN2C(CSc3nc4cnn(C)c4c(=O)n3CC)=CC(=O)NC12. The first-order valence-electron chi connectivity index (χ1n) is 9.70. The van der Waals surface area contributed by atoms with Gasteiger partial charge in [0.05, 0.1) is 12.8 Å². The lowest BCUT2D eigenvalue weighted by Gasteiger charge is -2.33. The fourth-order valence-corrected chi connectivity index (χ4v) is 4.70. The number of esters is 1. The highest BCUT2D eigenvalue weighted by atomic mass is 32.2. The molecule has 2 aliphatic rings. The predicted octanol–water partition coefficient (Wildman–Crippen LogP) is -0.419. The summed E-state index contributed by atoms with van der Waals surface area (Å²) in [4.78, 5) is 41.9. The second-order valence-electron chi connectivity index (χ2n) is 6.91. The largest absolute Gasteiger partial charge is 0.466 e. The summed E-state index contributed by atoms with van der Waals surface area (Å²) in [7, 11) is 1.71. The minimum Gasteiger partial charge on any atom is -0.466 e. The molecule has 2 atom stereocenters. The Balaban J connectivity index is 1.57. The number of aromatic nitrogens is 4. The van der Waals surface area contributed by atoms with Crippen LogP contribution in [-0.4, -0.2) is 61.3 Å². The van der Waals surface area contributed by atoms with Crippen molar-refractivity contribution in [2.24, 2.45) is 13.0 Å². The first-order chi connectivity index (χ1) is 14.4. The molecule has 2 unspecified atom stereocenters. The van der Waals surface area contributed by atoms with Gasteiger partial charge in [-0.3, -0.25) is 28.6 Å². The number of nitrogens with zero attached hydrogens (tertiary/aromatic N) is 5. The molecule has 0 aliphatic carbocycles. The Kier molecular flexibility index (Phi) is 5.52. The molecule has 0 aromatic carbocycles. The van der Waals surface area contributed by atoms with Crippen LogP contribution in [0, 0.1) is 5.92 Å². The molecule has 4 heterocycles. The number of hydrogen-bond donors (Lipinski definition) is 2. The Morgan fingerprint density at radius 2 is 2.17 bits per heavy atom. The average molecular weight is 433 g/mol. The van der Waals surface area contributed by atoms with Crippen LogP contribution < -0.4 is 16.3 Å². The molecule has 4 rings (SSSR count). The molecule has 1 saturated heterocycles. The number of amides is 1. The molecule has 0 bridgehead atoms. The van der Waals surface area contributed by atoms with E-state index < -0.39 is 12.1 Å². The summed E-state index contributed by atoms with van der Waals surface area (Å²) in [5.41, 5.74) is 4.69. The second-order valence-corrected chi connectivity index (χ2v) is 7.86. The third kappa shape index (κ3) is 3.45. The first kappa shape index (κ1) is 20.4. The highest BCUT2D eigenvalue weighted by molar-refractivity contribution is 7.99. The van der Waals surface area contributed by atoms with Crippen molar-refractivity contribution < 1.29 is 14.3 Å². The van der Waals surface area contributed by atoms with Crippen molar-refractivity contribution in [1.29, 1.82) is 0 Å². The van der Waals surface area contributed by atoms with Gasteiger partial charge in [0.2, 0.25) is 5.91 Å². The van der Waals surface area contributed by atoms with Gasteiger partial charge >= 0.3 is 5.97 Å². The molecule has 1 fully saturated rings. The Morgan fingerprint density at radius 3 is 2.90 bits per heavy atom. The average Bonchev–Trinajstić information content (AvgIpc) is 3.30. The van der Waals surface area contributed by atoms with Gasteiger partial charge in [0.15, 0.2) is 10.7 Å². The number of nitrogens with one attached hydrogen (secondary N) is 2. The molecule has 1 amide bonds.